The van der Waals surface area contributed by atoms with Gasteiger partial charge < -0.3 is 19.1 Å². The Morgan fingerprint density at radius 3 is 2.13 bits per heavy atom. The number of aliphatic hydroxyl groups is 1. The maximum Gasteiger partial charge on any atom is 1.00 e. The van der Waals surface area contributed by atoms with Crippen LogP contribution in [0.5, 0.6) is 0 Å². The van der Waals surface area contributed by atoms with E-state index >= 15 is 0 Å². The van der Waals surface area contributed by atoms with E-state index in [1.165, 1.54) is 19.1 Å². The molecule has 0 aromatic heterocycles. The van der Waals surface area contributed by atoms with Crippen LogP contribution in [0.25, 0.3) is 10.8 Å². The van der Waals surface area contributed by atoms with Gasteiger partial charge in [-0.1, -0.05) is 67.4 Å². The first kappa shape index (κ1) is 42.0. The summed E-state index contributed by atoms with van der Waals surface area (Å²) in [5.74, 6) is -0.769. The predicted octanol–water partition coefficient (Wildman–Crippen LogP) is -1.84. The summed E-state index contributed by atoms with van der Waals surface area (Å²) in [5.41, 5.74) is -0.234. The van der Waals surface area contributed by atoms with Crippen molar-refractivity contribution in [2.75, 3.05) is 31.3 Å². The zero-order valence-corrected chi connectivity index (χ0v) is 32.3. The summed E-state index contributed by atoms with van der Waals surface area (Å²) < 4.78 is 69.8. The number of carbonyl (C=O) groups is 1. The van der Waals surface area contributed by atoms with Crippen LogP contribution in [0.15, 0.2) is 73.7 Å². The zero-order chi connectivity index (χ0) is 32.1. The van der Waals surface area contributed by atoms with Crippen molar-refractivity contribution in [2.45, 2.75) is 36.6 Å². The largest absolute Gasteiger partial charge is 1.00 e. The molecule has 45 heavy (non-hydrogen) atoms. The van der Waals surface area contributed by atoms with Crippen LogP contribution in [0.3, 0.4) is 0 Å². The number of benzene rings is 3. The van der Waals surface area contributed by atoms with E-state index in [9.17, 15) is 30.7 Å². The monoisotopic (exact) mass is 717 g/mol. The second kappa shape index (κ2) is 17.9. The number of nitrogens with zero attached hydrogens (tertiary/aromatic N) is 5. The number of fused-ring (bicyclic) bond motifs is 1. The molecule has 0 fully saturated rings. The number of carbonyl (C=O) groups excluding carboxylic acids is 1. The minimum absolute atomic E-state index is 0. The fraction of sp³-hybridized carbons (Fsp3) is 0.308. The molecule has 19 heteroatoms. The van der Waals surface area contributed by atoms with Gasteiger partial charge in [0.1, 0.15) is 25.9 Å². The molecule has 4 rings (SSSR count). The number of aliphatic hydroxyl groups excluding tert-OH is 1. The molecule has 1 aliphatic rings. The van der Waals surface area contributed by atoms with Gasteiger partial charge in [-0.05, 0) is 43.6 Å². The Morgan fingerprint density at radius 1 is 0.978 bits per heavy atom. The molecule has 0 aliphatic carbocycles. The van der Waals surface area contributed by atoms with E-state index in [1.807, 2.05) is 0 Å². The van der Waals surface area contributed by atoms with Crippen LogP contribution in [0.4, 0.5) is 11.4 Å². The molecule has 232 valence electrons. The number of rotatable bonds is 9. The summed E-state index contributed by atoms with van der Waals surface area (Å²) >= 11 is 11.9. The summed E-state index contributed by atoms with van der Waals surface area (Å²) in [6, 6.07) is 9.64. The Balaban J connectivity index is 0.000000898. The average Bonchev–Trinajstić information content (AvgIpc) is 3.22. The Bertz CT molecular complexity index is 1810. The normalized spacial score (nSPS) is 15.0. The Hall–Kier alpha value is -1.02. The smallest absolute Gasteiger partial charge is 0.744 e. The second-order valence-electron chi connectivity index (χ2n) is 9.04. The van der Waals surface area contributed by atoms with Crippen LogP contribution in [-0.4, -0.2) is 79.8 Å². The minimum Gasteiger partial charge on any atom is -0.744 e. The number of likely N-dealkylation sites (N-methyl/N-ethyl adjacent to an activating group) is 1. The van der Waals surface area contributed by atoms with Crippen LogP contribution in [0.1, 0.15) is 20.8 Å². The molecule has 0 saturated carbocycles. The fourth-order valence-corrected chi connectivity index (χ4v) is 6.24. The van der Waals surface area contributed by atoms with E-state index in [0.29, 0.717) is 5.39 Å². The molecule has 1 aliphatic heterocycles. The molecule has 3 aromatic rings. The Morgan fingerprint density at radius 2 is 1.60 bits per heavy atom. The molecule has 1 N–H and O–H groups in total. The van der Waals surface area contributed by atoms with E-state index in [0.717, 1.165) is 36.8 Å². The maximum atomic E-state index is 13.0. The van der Waals surface area contributed by atoms with Crippen molar-refractivity contribution in [3.05, 3.63) is 58.6 Å². The third kappa shape index (κ3) is 10.5. The van der Waals surface area contributed by atoms with Crippen molar-refractivity contribution in [1.29, 1.82) is 0 Å². The molecule has 3 aromatic carbocycles. The predicted molar refractivity (Wildman–Crippen MR) is 160 cm³/mol. The van der Waals surface area contributed by atoms with Gasteiger partial charge in [0.05, 0.1) is 37.8 Å². The maximum absolute atomic E-state index is 13.0. The summed E-state index contributed by atoms with van der Waals surface area (Å²) in [7, 11) is -9.87. The van der Waals surface area contributed by atoms with E-state index in [1.54, 1.807) is 24.3 Å². The van der Waals surface area contributed by atoms with Gasteiger partial charge in [-0.25, -0.2) is 16.8 Å². The van der Waals surface area contributed by atoms with Crippen molar-refractivity contribution in [3.63, 3.8) is 0 Å². The minimum atomic E-state index is -4.95. The second-order valence-corrected chi connectivity index (χ2v) is 12.5. The van der Waals surface area contributed by atoms with E-state index in [4.69, 9.17) is 28.3 Å². The van der Waals surface area contributed by atoms with Gasteiger partial charge >= 0.3 is 59.1 Å². The van der Waals surface area contributed by atoms with Crippen molar-refractivity contribution in [3.8, 4) is 0 Å². The molecular formula is C26H27Cl2N5Na2O8S2. The summed E-state index contributed by atoms with van der Waals surface area (Å²) in [4.78, 5) is 13.8. The number of hydrazone groups is 1. The number of amides is 1. The topological polar surface area (TPSA) is 195 Å². The molecule has 1 heterocycles. The number of anilines is 1. The van der Waals surface area contributed by atoms with E-state index < -0.39 is 47.0 Å². The van der Waals surface area contributed by atoms with Gasteiger partial charge in [0, 0.05) is 11.9 Å². The first-order valence-electron chi connectivity index (χ1n) is 12.7. The van der Waals surface area contributed by atoms with Crippen LogP contribution in [0, 0.1) is 0 Å². The molecule has 0 radical (unpaired) electrons. The summed E-state index contributed by atoms with van der Waals surface area (Å²) in [6.07, 6.45) is 0. The molecule has 1 atom stereocenters. The summed E-state index contributed by atoms with van der Waals surface area (Å²) in [5, 5.41) is 21.0. The molecule has 0 saturated heterocycles. The van der Waals surface area contributed by atoms with Crippen molar-refractivity contribution < 1.29 is 95.0 Å². The molecule has 1 unspecified atom stereocenters. The van der Waals surface area contributed by atoms with Gasteiger partial charge in [-0.3, -0.25) is 4.79 Å². The molecular weight excluding hydrogens is 691 g/mol. The van der Waals surface area contributed by atoms with Crippen molar-refractivity contribution >= 4 is 77.2 Å². The Kier molecular flexibility index (Phi) is 16.7. The SMILES string of the molecule is CC1=NN(c2cc(Cl)c(S(=O)(=O)[O-])cc2Cl)C(=O)C1N=Nc1ccc2ccccc2c1S(=O)(=O)[O-].CCN(CC)CCO.[Na+].[Na+]. The quantitative estimate of drug-likeness (QED) is 0.150. The van der Waals surface area contributed by atoms with Gasteiger partial charge in [0.25, 0.3) is 5.91 Å². The first-order valence-corrected chi connectivity index (χ1v) is 16.3. The number of halogens is 2. The average molecular weight is 719 g/mol. The van der Waals surface area contributed by atoms with Crippen molar-refractivity contribution in [2.24, 2.45) is 15.3 Å². The molecule has 0 spiro atoms. The fourth-order valence-electron chi connectivity index (χ4n) is 4.11. The van der Waals surface area contributed by atoms with E-state index in [2.05, 4.69) is 34.1 Å². The number of hydrogen-bond acceptors (Lipinski definition) is 12. The van der Waals surface area contributed by atoms with Gasteiger partial charge in [0.15, 0.2) is 6.04 Å². The number of hydrogen-bond donors (Lipinski definition) is 1. The van der Waals surface area contributed by atoms with Crippen LogP contribution in [-0.2, 0) is 25.0 Å². The van der Waals surface area contributed by atoms with Gasteiger partial charge in [-0.15, -0.1) is 0 Å². The van der Waals surface area contributed by atoms with Gasteiger partial charge in [0.2, 0.25) is 0 Å². The third-order valence-electron chi connectivity index (χ3n) is 6.30. The molecule has 0 bridgehead atoms. The van der Waals surface area contributed by atoms with Crippen molar-refractivity contribution in [1.82, 2.24) is 4.90 Å². The summed E-state index contributed by atoms with van der Waals surface area (Å²) in [6.45, 7) is 8.81. The van der Waals surface area contributed by atoms with E-state index in [-0.39, 0.29) is 93.2 Å². The molecule has 1 amide bonds. The van der Waals surface area contributed by atoms with Crippen LogP contribution in [0.2, 0.25) is 10.0 Å². The standard InChI is InChI=1S/C20H14Cl2N4O7S2.C6H15NO.2Na/c1-10-18(20(27)26(25-10)16-8-14(22)17(9-13(16)21)34(28,29)30)24-23-15-7-6-11-4-2-3-5-12(11)19(15)35(31,32)33;1-3-7(4-2)5-6-8;;/h2-9,18H,1H3,(H,28,29,30)(H,31,32,33);8H,3-6H2,1-2H3;;/q;;2*+1/p-2. The number of azo groups is 1. The first-order chi connectivity index (χ1) is 20.1. The third-order valence-corrected chi connectivity index (χ3v) is 8.83. The van der Waals surface area contributed by atoms with Crippen LogP contribution >= 0.6 is 23.2 Å². The van der Waals surface area contributed by atoms with Crippen LogP contribution < -0.4 is 64.1 Å². The Labute approximate surface area is 315 Å². The molecule has 13 nitrogen and oxygen atoms in total. The van der Waals surface area contributed by atoms with Gasteiger partial charge in [-0.2, -0.15) is 20.3 Å². The zero-order valence-electron chi connectivity index (χ0n) is 25.1.